The van der Waals surface area contributed by atoms with E-state index in [9.17, 15) is 24.3 Å². The summed E-state index contributed by atoms with van der Waals surface area (Å²) in [5, 5.41) is 20.8. The Bertz CT molecular complexity index is 3600. The quantitative estimate of drug-likeness (QED) is 0.0403. The van der Waals surface area contributed by atoms with E-state index < -0.39 is 23.8 Å². The van der Waals surface area contributed by atoms with Crippen LogP contribution in [0.5, 0.6) is 17.5 Å². The van der Waals surface area contributed by atoms with Gasteiger partial charge in [-0.2, -0.15) is 9.97 Å². The van der Waals surface area contributed by atoms with Gasteiger partial charge in [-0.3, -0.25) is 24.2 Å². The van der Waals surface area contributed by atoms with E-state index in [1.54, 1.807) is 52.1 Å². The number of carbonyl (C=O) groups excluding carboxylic acids is 4. The molecule has 3 saturated heterocycles. The van der Waals surface area contributed by atoms with Crippen molar-refractivity contribution in [2.75, 3.05) is 115 Å². The number of phenols is 1. The van der Waals surface area contributed by atoms with Crippen molar-refractivity contribution < 1.29 is 52.7 Å². The molecule has 21 nitrogen and oxygen atoms in total. The number of nitrogens with one attached hydrogen (secondary N) is 1. The molecule has 5 aliphatic rings. The number of piperazine rings is 1. The largest absolute Gasteiger partial charge is 0.508 e. The predicted molar refractivity (Wildman–Crippen MR) is 365 cm³/mol. The number of likely N-dealkylation sites (N-methyl/N-ethyl adjacent to an activating group) is 1. The molecule has 0 unspecified atom stereocenters. The van der Waals surface area contributed by atoms with Gasteiger partial charge < -0.3 is 58.4 Å². The summed E-state index contributed by atoms with van der Waals surface area (Å²) >= 11 is 1.56. The minimum atomic E-state index is -0.836. The van der Waals surface area contributed by atoms with Crippen molar-refractivity contribution in [2.45, 2.75) is 141 Å². The molecule has 4 amide bonds. The molecule has 22 heteroatoms. The SMILES string of the molecule is C=CC(=O)N1CCN(c2nc(O[C@H](C)CN3CCC(OCCOCCOCCOc4ccc(-c5csc([C@@H]6CCCN6C(=O)[C@@H](NC(=O)[C@H](C)N(C)C(=O)OC(C)(C)C)C6CCCCC6)n5)c5ccccc45)CC3)nc3c2CCN(c2cc(O)cc4ccccc24)C3)CC1. The first-order valence-corrected chi connectivity index (χ1v) is 34.7. The molecule has 1 aliphatic carbocycles. The fraction of sp³-hybridized carbons (Fsp3) is 0.542. The summed E-state index contributed by atoms with van der Waals surface area (Å²) in [6, 6.07) is 22.6. The summed E-state index contributed by atoms with van der Waals surface area (Å²) in [6.45, 7) is 22.2. The van der Waals surface area contributed by atoms with Crippen LogP contribution < -0.4 is 24.6 Å². The van der Waals surface area contributed by atoms with E-state index in [4.69, 9.17) is 43.4 Å². The van der Waals surface area contributed by atoms with Crippen LogP contribution in [0.25, 0.3) is 32.8 Å². The highest BCUT2D eigenvalue weighted by Gasteiger charge is 2.41. The molecule has 0 radical (unpaired) electrons. The maximum atomic E-state index is 14.7. The van der Waals surface area contributed by atoms with Gasteiger partial charge in [-0.05, 0) is 121 Å². The van der Waals surface area contributed by atoms with Gasteiger partial charge in [0.15, 0.2) is 0 Å². The van der Waals surface area contributed by atoms with Crippen LogP contribution in [-0.4, -0.2) is 199 Å². The number of nitrogens with zero attached hydrogens (tertiary/aromatic N) is 9. The molecule has 4 aromatic carbocycles. The van der Waals surface area contributed by atoms with E-state index in [-0.39, 0.29) is 47.6 Å². The molecular weight excluding hydrogens is 1210 g/mol. The lowest BCUT2D eigenvalue weighted by atomic mass is 9.83. The van der Waals surface area contributed by atoms with Gasteiger partial charge in [0, 0.05) is 105 Å². The number of phenolic OH excluding ortho intramolecular Hbond substituents is 1. The molecule has 94 heavy (non-hydrogen) atoms. The van der Waals surface area contributed by atoms with Crippen LogP contribution in [-0.2, 0) is 46.3 Å². The average molecular weight is 1310 g/mol. The van der Waals surface area contributed by atoms with Crippen LogP contribution in [0.3, 0.4) is 0 Å². The third-order valence-corrected chi connectivity index (χ3v) is 19.8. The highest BCUT2D eigenvalue weighted by atomic mass is 32.1. The van der Waals surface area contributed by atoms with Gasteiger partial charge in [0.1, 0.15) is 52.7 Å². The second-order valence-corrected chi connectivity index (χ2v) is 27.5. The Hall–Kier alpha value is -7.63. The zero-order valence-corrected chi connectivity index (χ0v) is 56.4. The van der Waals surface area contributed by atoms with Gasteiger partial charge >= 0.3 is 12.1 Å². The van der Waals surface area contributed by atoms with Crippen molar-refractivity contribution in [1.82, 2.24) is 39.9 Å². The molecule has 504 valence electrons. The number of fused-ring (bicyclic) bond motifs is 3. The molecule has 6 heterocycles. The Morgan fingerprint density at radius 3 is 2.23 bits per heavy atom. The first-order valence-electron chi connectivity index (χ1n) is 33.8. The lowest BCUT2D eigenvalue weighted by Crippen LogP contribution is -2.56. The molecule has 11 rings (SSSR count). The Labute approximate surface area is 556 Å². The summed E-state index contributed by atoms with van der Waals surface area (Å²) in [7, 11) is 1.55. The zero-order chi connectivity index (χ0) is 65.9. The van der Waals surface area contributed by atoms with Gasteiger partial charge in [-0.25, -0.2) is 9.78 Å². The third-order valence-electron chi connectivity index (χ3n) is 18.9. The first kappa shape index (κ1) is 67.8. The van der Waals surface area contributed by atoms with Crippen LogP contribution in [0.4, 0.5) is 16.3 Å². The molecular formula is C72H94N10O11S. The standard InChI is InChI=1S/C72H94N10O11S/c1-8-64(84)79-33-35-80(36-34-79)66-58-28-32-81(62-44-52(83)43-51-19-12-13-20-54(51)62)46-59(58)74-70(76-66)92-48(2)45-78-30-26-53(27-31-78)90-41-39-88-37-38-89-40-42-91-63-25-24-56(55-21-14-15-22-57(55)63)60-47-94-68(73-60)61-23-16-29-82(61)69(86)65(50-17-10-9-11-18-50)75-67(85)49(3)77(7)71(87)93-72(4,5)6/h8,12-15,19-22,24-25,43-44,47-50,53,61,65,83H,1,9-11,16-18,23,26-42,45-46H2,2-7H3,(H,75,85)/t48-,49+,61+,65+/m1/s1. The number of piperidine rings is 1. The second kappa shape index (κ2) is 31.3. The lowest BCUT2D eigenvalue weighted by Gasteiger charge is -2.38. The van der Waals surface area contributed by atoms with Crippen LogP contribution in [0.1, 0.15) is 115 Å². The second-order valence-electron chi connectivity index (χ2n) is 26.6. The molecule has 4 aliphatic heterocycles. The average Bonchev–Trinajstić information content (AvgIpc) is 1.31. The Morgan fingerprint density at radius 1 is 0.777 bits per heavy atom. The number of hydrogen-bond acceptors (Lipinski definition) is 18. The van der Waals surface area contributed by atoms with Crippen molar-refractivity contribution in [3.05, 3.63) is 107 Å². The van der Waals surface area contributed by atoms with Gasteiger partial charge in [0.25, 0.3) is 0 Å². The summed E-state index contributed by atoms with van der Waals surface area (Å²) in [5.41, 5.74) is 4.07. The van der Waals surface area contributed by atoms with Crippen LogP contribution >= 0.6 is 11.3 Å². The molecule has 1 saturated carbocycles. The minimum absolute atomic E-state index is 0.00407. The number of ether oxygens (including phenoxy) is 6. The molecule has 2 aromatic heterocycles. The summed E-state index contributed by atoms with van der Waals surface area (Å²) < 4.78 is 36.5. The maximum Gasteiger partial charge on any atom is 0.410 e. The van der Waals surface area contributed by atoms with Crippen molar-refractivity contribution in [2.24, 2.45) is 5.92 Å². The number of thiazole rings is 1. The topological polar surface area (TPSA) is 214 Å². The lowest BCUT2D eigenvalue weighted by molar-refractivity contribution is -0.140. The van der Waals surface area contributed by atoms with Crippen molar-refractivity contribution in [3.63, 3.8) is 0 Å². The van der Waals surface area contributed by atoms with E-state index in [2.05, 4.69) is 63.2 Å². The van der Waals surface area contributed by atoms with Gasteiger partial charge in [-0.15, -0.1) is 11.3 Å². The van der Waals surface area contributed by atoms with E-state index in [1.807, 2.05) is 52.3 Å². The third kappa shape index (κ3) is 16.7. The summed E-state index contributed by atoms with van der Waals surface area (Å²) in [4.78, 5) is 81.2. The number of amides is 4. The van der Waals surface area contributed by atoms with E-state index in [0.29, 0.717) is 84.9 Å². The van der Waals surface area contributed by atoms with Crippen molar-refractivity contribution in [3.8, 4) is 28.8 Å². The maximum absolute atomic E-state index is 14.7. The minimum Gasteiger partial charge on any atom is -0.508 e. The molecule has 0 spiro atoms. The molecule has 0 bridgehead atoms. The van der Waals surface area contributed by atoms with Crippen LogP contribution in [0.2, 0.25) is 0 Å². The number of aromatic nitrogens is 3. The first-order chi connectivity index (χ1) is 45.5. The van der Waals surface area contributed by atoms with Crippen molar-refractivity contribution >= 4 is 68.2 Å². The van der Waals surface area contributed by atoms with Crippen LogP contribution in [0.15, 0.2) is 90.8 Å². The normalized spacial score (nSPS) is 18.6. The molecule has 2 N–H and O–H groups in total. The van der Waals surface area contributed by atoms with Crippen LogP contribution in [0, 0.1) is 5.92 Å². The highest BCUT2D eigenvalue weighted by molar-refractivity contribution is 7.10. The molecule has 6 aromatic rings. The fourth-order valence-electron chi connectivity index (χ4n) is 13.8. The fourth-order valence-corrected chi connectivity index (χ4v) is 14.8. The number of aromatic hydroxyl groups is 1. The number of anilines is 2. The van der Waals surface area contributed by atoms with Gasteiger partial charge in [-0.1, -0.05) is 74.4 Å². The Morgan fingerprint density at radius 2 is 1.49 bits per heavy atom. The number of carbonyl (C=O) groups is 4. The van der Waals surface area contributed by atoms with E-state index in [1.165, 1.54) is 11.0 Å². The van der Waals surface area contributed by atoms with Crippen molar-refractivity contribution in [1.29, 1.82) is 0 Å². The Kier molecular flexibility index (Phi) is 22.6. The number of likely N-dealkylation sites (tertiary alicyclic amines) is 2. The highest BCUT2D eigenvalue weighted by Crippen LogP contribution is 2.41. The molecule has 4 atom stereocenters. The van der Waals surface area contributed by atoms with Gasteiger partial charge in [0.05, 0.1) is 63.1 Å². The predicted octanol–water partition coefficient (Wildman–Crippen LogP) is 10.4. The summed E-state index contributed by atoms with van der Waals surface area (Å²) in [6.07, 6.45) is 9.75. The van der Waals surface area contributed by atoms with E-state index >= 15 is 0 Å². The van der Waals surface area contributed by atoms with Gasteiger partial charge in [0.2, 0.25) is 17.7 Å². The number of hydrogen-bond donors (Lipinski definition) is 2. The Balaban J connectivity index is 0.602. The number of rotatable bonds is 25. The zero-order valence-electron chi connectivity index (χ0n) is 55.6. The number of benzene rings is 4. The monoisotopic (exact) mass is 1310 g/mol. The van der Waals surface area contributed by atoms with E-state index in [0.717, 1.165) is 157 Å². The smallest absolute Gasteiger partial charge is 0.410 e. The molecule has 4 fully saturated rings. The summed E-state index contributed by atoms with van der Waals surface area (Å²) in [5.74, 6) is 1.33.